The summed E-state index contributed by atoms with van der Waals surface area (Å²) in [5, 5.41) is 4.22. The first-order valence-electron chi connectivity index (χ1n) is 8.12. The highest BCUT2D eigenvalue weighted by molar-refractivity contribution is 6.31. The van der Waals surface area contributed by atoms with Crippen molar-refractivity contribution < 1.29 is 8.78 Å². The number of hydrogen-bond donors (Lipinski definition) is 1. The molecule has 1 N–H and O–H groups in total. The summed E-state index contributed by atoms with van der Waals surface area (Å²) in [7, 11) is 0. The predicted octanol–water partition coefficient (Wildman–Crippen LogP) is 5.86. The lowest BCUT2D eigenvalue weighted by molar-refractivity contribution is 0.0174. The Hall–Kier alpha value is -1.88. The average molecular weight is 395 g/mol. The van der Waals surface area contributed by atoms with Crippen LogP contribution in [0.25, 0.3) is 5.69 Å². The lowest BCUT2D eigenvalue weighted by Gasteiger charge is -2.19. The molecule has 0 bridgehead atoms. The lowest BCUT2D eigenvalue weighted by Crippen LogP contribution is -2.21. The summed E-state index contributed by atoms with van der Waals surface area (Å²) < 4.78 is 29.0. The first kappa shape index (κ1) is 18.9. The smallest absolute Gasteiger partial charge is 0.270 e. The van der Waals surface area contributed by atoms with Crippen LogP contribution in [0.2, 0.25) is 5.02 Å². The normalized spacial score (nSPS) is 16.2. The van der Waals surface area contributed by atoms with Gasteiger partial charge in [-0.3, -0.25) is 0 Å². The minimum absolute atomic E-state index is 0. The van der Waals surface area contributed by atoms with Crippen molar-refractivity contribution >= 4 is 24.0 Å². The lowest BCUT2D eigenvalue weighted by atomic mass is 10.0. The Morgan fingerprint density at radius 1 is 1.08 bits per heavy atom. The van der Waals surface area contributed by atoms with E-state index >= 15 is 0 Å². The molecule has 1 unspecified atom stereocenters. The Balaban J connectivity index is 0.00000196. The van der Waals surface area contributed by atoms with Gasteiger partial charge in [-0.1, -0.05) is 41.9 Å². The quantitative estimate of drug-likeness (QED) is 0.576. The molecule has 2 aromatic carbocycles. The van der Waals surface area contributed by atoms with Gasteiger partial charge in [0.2, 0.25) is 0 Å². The van der Waals surface area contributed by atoms with Crippen molar-refractivity contribution in [1.82, 2.24) is 9.88 Å². The molecule has 136 valence electrons. The van der Waals surface area contributed by atoms with Crippen molar-refractivity contribution in [1.29, 1.82) is 0 Å². The van der Waals surface area contributed by atoms with Crippen LogP contribution in [-0.4, -0.2) is 4.57 Å². The third-order valence-electron chi connectivity index (χ3n) is 4.66. The molecule has 0 fully saturated rings. The van der Waals surface area contributed by atoms with Crippen molar-refractivity contribution in [2.45, 2.75) is 25.4 Å². The fraction of sp³-hybridized carbons (Fsp3) is 0.200. The second-order valence-corrected chi connectivity index (χ2v) is 6.77. The highest BCUT2D eigenvalue weighted by Crippen LogP contribution is 2.34. The zero-order valence-corrected chi connectivity index (χ0v) is 15.6. The highest BCUT2D eigenvalue weighted by Gasteiger charge is 2.26. The second kappa shape index (κ2) is 7.03. The summed E-state index contributed by atoms with van der Waals surface area (Å²) in [5.74, 6) is -2.83. The number of nitrogens with zero attached hydrogens (tertiary/aromatic N) is 1. The average Bonchev–Trinajstić information content (AvgIpc) is 2.99. The van der Waals surface area contributed by atoms with Gasteiger partial charge in [-0.25, -0.2) is 8.78 Å². The summed E-state index contributed by atoms with van der Waals surface area (Å²) in [6.07, 6.45) is 2.00. The number of alkyl halides is 2. The van der Waals surface area contributed by atoms with E-state index in [1.165, 1.54) is 12.1 Å². The summed E-state index contributed by atoms with van der Waals surface area (Å²) in [6, 6.07) is 16.3. The molecule has 0 amide bonds. The topological polar surface area (TPSA) is 17.0 Å². The first-order valence-corrected chi connectivity index (χ1v) is 8.49. The van der Waals surface area contributed by atoms with Gasteiger partial charge in [-0.15, -0.1) is 12.4 Å². The highest BCUT2D eigenvalue weighted by atomic mass is 35.5. The summed E-state index contributed by atoms with van der Waals surface area (Å²) in [6.45, 7) is 1.52. The molecule has 3 aromatic rings. The molecule has 0 aliphatic carbocycles. The maximum absolute atomic E-state index is 13.5. The van der Waals surface area contributed by atoms with Crippen molar-refractivity contribution in [3.8, 4) is 5.69 Å². The molecule has 26 heavy (non-hydrogen) atoms. The molecular formula is C20H18Cl2F2N2. The number of aromatic nitrogens is 1. The minimum Gasteiger partial charge on any atom is -0.319 e. The van der Waals surface area contributed by atoms with Gasteiger partial charge in [0.15, 0.2) is 0 Å². The SMILES string of the molecule is CC(F)(F)c1ccc(C2NCc3c(Cl)cccc3-n3cccc32)cc1.Cl. The molecule has 0 saturated carbocycles. The maximum atomic E-state index is 13.5. The van der Waals surface area contributed by atoms with Gasteiger partial charge >= 0.3 is 0 Å². The van der Waals surface area contributed by atoms with Crippen molar-refractivity contribution in [2.24, 2.45) is 0 Å². The van der Waals surface area contributed by atoms with E-state index in [2.05, 4.69) is 9.88 Å². The Morgan fingerprint density at radius 3 is 2.50 bits per heavy atom. The molecule has 0 radical (unpaired) electrons. The molecule has 2 nitrogen and oxygen atoms in total. The Bertz CT molecular complexity index is 914. The third kappa shape index (κ3) is 3.25. The molecule has 4 rings (SSSR count). The first-order chi connectivity index (χ1) is 11.9. The molecule has 1 atom stereocenters. The minimum atomic E-state index is -2.83. The van der Waals surface area contributed by atoms with E-state index in [4.69, 9.17) is 11.6 Å². The Kier molecular flexibility index (Phi) is 5.11. The van der Waals surface area contributed by atoms with Crippen LogP contribution in [0.5, 0.6) is 0 Å². The van der Waals surface area contributed by atoms with Gasteiger partial charge in [-0.05, 0) is 29.8 Å². The van der Waals surface area contributed by atoms with Crippen LogP contribution in [0.4, 0.5) is 8.78 Å². The van der Waals surface area contributed by atoms with Crippen LogP contribution in [0.3, 0.4) is 0 Å². The molecule has 1 aliphatic rings. The van der Waals surface area contributed by atoms with E-state index in [9.17, 15) is 8.78 Å². The van der Waals surface area contributed by atoms with Gasteiger partial charge < -0.3 is 9.88 Å². The van der Waals surface area contributed by atoms with E-state index in [1.807, 2.05) is 36.5 Å². The van der Waals surface area contributed by atoms with Crippen molar-refractivity contribution in [3.05, 3.63) is 88.2 Å². The van der Waals surface area contributed by atoms with Gasteiger partial charge in [0.05, 0.1) is 11.7 Å². The number of nitrogens with one attached hydrogen (secondary N) is 1. The summed E-state index contributed by atoms with van der Waals surface area (Å²) in [5.41, 5.74) is 4.08. The molecule has 0 spiro atoms. The van der Waals surface area contributed by atoms with Gasteiger partial charge in [0.1, 0.15) is 0 Å². The number of halogens is 4. The van der Waals surface area contributed by atoms with Gasteiger partial charge in [-0.2, -0.15) is 0 Å². The number of hydrogen-bond acceptors (Lipinski definition) is 1. The van der Waals surface area contributed by atoms with Crippen molar-refractivity contribution in [2.75, 3.05) is 0 Å². The number of benzene rings is 2. The van der Waals surface area contributed by atoms with Crippen LogP contribution in [0, 0.1) is 0 Å². The molecule has 6 heteroatoms. The second-order valence-electron chi connectivity index (χ2n) is 6.36. The van der Waals surface area contributed by atoms with Crippen LogP contribution in [0.1, 0.15) is 35.3 Å². The maximum Gasteiger partial charge on any atom is 0.270 e. The number of rotatable bonds is 2. The van der Waals surface area contributed by atoms with Gasteiger partial charge in [0.25, 0.3) is 5.92 Å². The molecule has 1 aromatic heterocycles. The molecular weight excluding hydrogens is 377 g/mol. The van der Waals surface area contributed by atoms with E-state index in [0.29, 0.717) is 11.6 Å². The third-order valence-corrected chi connectivity index (χ3v) is 5.02. The Morgan fingerprint density at radius 2 is 1.81 bits per heavy atom. The predicted molar refractivity (Wildman–Crippen MR) is 103 cm³/mol. The zero-order chi connectivity index (χ0) is 17.6. The van der Waals surface area contributed by atoms with Crippen LogP contribution in [-0.2, 0) is 12.5 Å². The largest absolute Gasteiger partial charge is 0.319 e. The molecule has 0 saturated heterocycles. The van der Waals surface area contributed by atoms with E-state index in [0.717, 1.165) is 29.4 Å². The van der Waals surface area contributed by atoms with Crippen LogP contribution in [0.15, 0.2) is 60.8 Å². The zero-order valence-electron chi connectivity index (χ0n) is 14.0. The Labute approximate surface area is 162 Å². The monoisotopic (exact) mass is 394 g/mol. The molecule has 1 aliphatic heterocycles. The standard InChI is InChI=1S/C20H17ClF2N2.ClH/c1-20(22,23)14-9-7-13(8-10-14)19-18-6-3-11-25(18)17-5-2-4-16(21)15(17)12-24-19;/h2-11,19,24H,12H2,1H3;1H. The van der Waals surface area contributed by atoms with Crippen molar-refractivity contribution in [3.63, 3.8) is 0 Å². The summed E-state index contributed by atoms with van der Waals surface area (Å²) >= 11 is 6.38. The van der Waals surface area contributed by atoms with Crippen LogP contribution >= 0.6 is 24.0 Å². The number of fused-ring (bicyclic) bond motifs is 3. The van der Waals surface area contributed by atoms with E-state index < -0.39 is 5.92 Å². The molecule has 2 heterocycles. The fourth-order valence-electron chi connectivity index (χ4n) is 3.36. The van der Waals surface area contributed by atoms with Gasteiger partial charge in [0, 0.05) is 41.5 Å². The summed E-state index contributed by atoms with van der Waals surface area (Å²) in [4.78, 5) is 0. The fourth-order valence-corrected chi connectivity index (χ4v) is 3.60. The van der Waals surface area contributed by atoms with E-state index in [1.54, 1.807) is 12.1 Å². The van der Waals surface area contributed by atoms with E-state index in [-0.39, 0.29) is 24.0 Å². The van der Waals surface area contributed by atoms with Crippen LogP contribution < -0.4 is 5.32 Å².